The molecule has 2 N–H and O–H groups in total. The lowest BCUT2D eigenvalue weighted by atomic mass is 10.3. The molecule has 0 aliphatic carbocycles. The lowest BCUT2D eigenvalue weighted by Crippen LogP contribution is -2.37. The van der Waals surface area contributed by atoms with Gasteiger partial charge in [0.2, 0.25) is 11.8 Å². The van der Waals surface area contributed by atoms with Crippen molar-refractivity contribution < 1.29 is 23.5 Å². The van der Waals surface area contributed by atoms with Crippen molar-refractivity contribution in [2.75, 3.05) is 20.3 Å². The number of hydrogen-bond acceptors (Lipinski definition) is 5. The predicted octanol–water partition coefficient (Wildman–Crippen LogP) is 1.49. The molecule has 1 heterocycles. The molecule has 0 aliphatic rings. The van der Waals surface area contributed by atoms with E-state index in [9.17, 15) is 9.59 Å². The summed E-state index contributed by atoms with van der Waals surface area (Å²) in [6.07, 6.45) is 1.68. The van der Waals surface area contributed by atoms with E-state index in [0.717, 1.165) is 0 Å². The third-order valence-corrected chi connectivity index (χ3v) is 3.14. The number of carbonyl (C=O) groups is 2. The molecule has 2 aromatic rings. The third kappa shape index (κ3) is 5.68. The zero-order chi connectivity index (χ0) is 17.2. The van der Waals surface area contributed by atoms with E-state index in [1.54, 1.807) is 31.4 Å². The fourth-order valence-electron chi connectivity index (χ4n) is 1.92. The molecular formula is C17H20N2O5. The number of nitrogens with one attached hydrogen (secondary N) is 2. The average molecular weight is 332 g/mol. The first-order valence-corrected chi connectivity index (χ1v) is 7.50. The molecule has 0 fully saturated rings. The fourth-order valence-corrected chi connectivity index (χ4v) is 1.92. The molecule has 0 saturated carbocycles. The van der Waals surface area contributed by atoms with E-state index in [1.807, 2.05) is 12.1 Å². The van der Waals surface area contributed by atoms with Gasteiger partial charge < -0.3 is 24.5 Å². The van der Waals surface area contributed by atoms with Gasteiger partial charge in [-0.15, -0.1) is 0 Å². The highest BCUT2D eigenvalue weighted by atomic mass is 16.5. The zero-order valence-electron chi connectivity index (χ0n) is 13.4. The molecule has 7 heteroatoms. The molecule has 2 amide bonds. The first kappa shape index (κ1) is 17.4. The molecule has 1 aromatic carbocycles. The smallest absolute Gasteiger partial charge is 0.239 e. The minimum Gasteiger partial charge on any atom is -0.493 e. The van der Waals surface area contributed by atoms with Crippen molar-refractivity contribution in [3.05, 3.63) is 48.4 Å². The molecule has 0 saturated heterocycles. The summed E-state index contributed by atoms with van der Waals surface area (Å²) < 4.78 is 15.8. The van der Waals surface area contributed by atoms with Gasteiger partial charge in [0, 0.05) is 0 Å². The van der Waals surface area contributed by atoms with Crippen LogP contribution in [0.4, 0.5) is 0 Å². The van der Waals surface area contributed by atoms with Crippen LogP contribution in [0.25, 0.3) is 0 Å². The van der Waals surface area contributed by atoms with Crippen LogP contribution in [0, 0.1) is 0 Å². The summed E-state index contributed by atoms with van der Waals surface area (Å²) in [7, 11) is 1.55. The standard InChI is InChI=1S/C17H20N2O5/c1-22-14-6-2-3-7-15(14)24-10-8-16(20)19-12-17(21)18-11-13-5-4-9-23-13/h2-7,9H,8,10-12H2,1H3,(H,18,21)(H,19,20). The number of ether oxygens (including phenoxy) is 2. The predicted molar refractivity (Wildman–Crippen MR) is 86.7 cm³/mol. The van der Waals surface area contributed by atoms with E-state index in [-0.39, 0.29) is 31.4 Å². The Morgan fingerprint density at radius 1 is 1.04 bits per heavy atom. The summed E-state index contributed by atoms with van der Waals surface area (Å²) in [5, 5.41) is 5.18. The van der Waals surface area contributed by atoms with Gasteiger partial charge in [-0.25, -0.2) is 0 Å². The highest BCUT2D eigenvalue weighted by Gasteiger charge is 2.08. The molecule has 2 rings (SSSR count). The van der Waals surface area contributed by atoms with Gasteiger partial charge in [0.25, 0.3) is 0 Å². The summed E-state index contributed by atoms with van der Waals surface area (Å²) in [5.74, 6) is 1.28. The third-order valence-electron chi connectivity index (χ3n) is 3.14. The van der Waals surface area contributed by atoms with Crippen LogP contribution in [0.15, 0.2) is 47.1 Å². The van der Waals surface area contributed by atoms with E-state index in [2.05, 4.69) is 10.6 Å². The molecule has 0 radical (unpaired) electrons. The second kappa shape index (κ2) is 9.24. The number of benzene rings is 1. The van der Waals surface area contributed by atoms with E-state index in [1.165, 1.54) is 6.26 Å². The van der Waals surface area contributed by atoms with Crippen molar-refractivity contribution in [2.24, 2.45) is 0 Å². The number of rotatable bonds is 9. The van der Waals surface area contributed by atoms with Crippen LogP contribution in [0.1, 0.15) is 12.2 Å². The van der Waals surface area contributed by atoms with E-state index in [4.69, 9.17) is 13.9 Å². The van der Waals surface area contributed by atoms with Crippen LogP contribution in [0.5, 0.6) is 11.5 Å². The van der Waals surface area contributed by atoms with E-state index < -0.39 is 0 Å². The Morgan fingerprint density at radius 2 is 1.83 bits per heavy atom. The normalized spacial score (nSPS) is 10.0. The van der Waals surface area contributed by atoms with Gasteiger partial charge in [0.05, 0.1) is 39.5 Å². The van der Waals surface area contributed by atoms with Crippen LogP contribution in [-0.2, 0) is 16.1 Å². The SMILES string of the molecule is COc1ccccc1OCCC(=O)NCC(=O)NCc1ccco1. The molecule has 7 nitrogen and oxygen atoms in total. The Labute approximate surface area is 139 Å². The van der Waals surface area contributed by atoms with Gasteiger partial charge in [-0.1, -0.05) is 12.1 Å². The first-order valence-electron chi connectivity index (χ1n) is 7.50. The topological polar surface area (TPSA) is 89.8 Å². The Kier molecular flexibility index (Phi) is 6.70. The van der Waals surface area contributed by atoms with Crippen LogP contribution in [0.2, 0.25) is 0 Å². The summed E-state index contributed by atoms with van der Waals surface area (Å²) in [6.45, 7) is 0.396. The molecule has 0 unspecified atom stereocenters. The molecule has 1 aromatic heterocycles. The highest BCUT2D eigenvalue weighted by molar-refractivity contribution is 5.84. The maximum absolute atomic E-state index is 11.7. The molecule has 24 heavy (non-hydrogen) atoms. The van der Waals surface area contributed by atoms with Crippen molar-refractivity contribution in [3.63, 3.8) is 0 Å². The lowest BCUT2D eigenvalue weighted by Gasteiger charge is -2.10. The van der Waals surface area contributed by atoms with Crippen LogP contribution in [0.3, 0.4) is 0 Å². The van der Waals surface area contributed by atoms with Gasteiger partial charge in [0.15, 0.2) is 11.5 Å². The molecule has 128 valence electrons. The van der Waals surface area contributed by atoms with Crippen LogP contribution in [-0.4, -0.2) is 32.1 Å². The molecule has 0 aliphatic heterocycles. The Hall–Kier alpha value is -2.96. The molecule has 0 atom stereocenters. The van der Waals surface area contributed by atoms with Gasteiger partial charge in [-0.05, 0) is 24.3 Å². The zero-order valence-corrected chi connectivity index (χ0v) is 13.4. The summed E-state index contributed by atoms with van der Waals surface area (Å²) >= 11 is 0. The van der Waals surface area contributed by atoms with Crippen molar-refractivity contribution in [1.29, 1.82) is 0 Å². The Balaban J connectivity index is 1.61. The monoisotopic (exact) mass is 332 g/mol. The van der Waals surface area contributed by atoms with Gasteiger partial charge in [-0.2, -0.15) is 0 Å². The Morgan fingerprint density at radius 3 is 2.54 bits per heavy atom. The highest BCUT2D eigenvalue weighted by Crippen LogP contribution is 2.25. The number of hydrogen-bond donors (Lipinski definition) is 2. The minimum atomic E-state index is -0.287. The van der Waals surface area contributed by atoms with E-state index in [0.29, 0.717) is 23.8 Å². The minimum absolute atomic E-state index is 0.0891. The number of amides is 2. The van der Waals surface area contributed by atoms with Crippen LogP contribution >= 0.6 is 0 Å². The van der Waals surface area contributed by atoms with Gasteiger partial charge >= 0.3 is 0 Å². The van der Waals surface area contributed by atoms with Crippen molar-refractivity contribution >= 4 is 11.8 Å². The second-order valence-electron chi connectivity index (χ2n) is 4.88. The molecule has 0 spiro atoms. The lowest BCUT2D eigenvalue weighted by molar-refractivity contribution is -0.126. The second-order valence-corrected chi connectivity index (χ2v) is 4.88. The number of furan rings is 1. The van der Waals surface area contributed by atoms with E-state index >= 15 is 0 Å². The van der Waals surface area contributed by atoms with Crippen molar-refractivity contribution in [1.82, 2.24) is 10.6 Å². The molecular weight excluding hydrogens is 312 g/mol. The van der Waals surface area contributed by atoms with Crippen LogP contribution < -0.4 is 20.1 Å². The average Bonchev–Trinajstić information content (AvgIpc) is 3.12. The number of para-hydroxylation sites is 2. The summed E-state index contributed by atoms with van der Waals surface area (Å²) in [4.78, 5) is 23.3. The summed E-state index contributed by atoms with van der Waals surface area (Å²) in [5.41, 5.74) is 0. The maximum Gasteiger partial charge on any atom is 0.239 e. The van der Waals surface area contributed by atoms with Crippen molar-refractivity contribution in [2.45, 2.75) is 13.0 Å². The first-order chi connectivity index (χ1) is 11.7. The molecule has 0 bridgehead atoms. The Bertz CT molecular complexity index is 655. The quantitative estimate of drug-likeness (QED) is 0.726. The maximum atomic E-state index is 11.7. The van der Waals surface area contributed by atoms with Gasteiger partial charge in [0.1, 0.15) is 5.76 Å². The number of carbonyl (C=O) groups excluding carboxylic acids is 2. The summed E-state index contributed by atoms with van der Waals surface area (Å²) in [6, 6.07) is 10.7. The number of methoxy groups -OCH3 is 1. The van der Waals surface area contributed by atoms with Crippen molar-refractivity contribution in [3.8, 4) is 11.5 Å². The fraction of sp³-hybridized carbons (Fsp3) is 0.294. The van der Waals surface area contributed by atoms with Gasteiger partial charge in [-0.3, -0.25) is 9.59 Å². The largest absolute Gasteiger partial charge is 0.493 e.